The van der Waals surface area contributed by atoms with Crippen LogP contribution < -0.4 is 0 Å². The van der Waals surface area contributed by atoms with Crippen molar-refractivity contribution in [3.05, 3.63) is 70.2 Å². The number of fused-ring (bicyclic) bond motifs is 2. The molecule has 0 aromatic heterocycles. The minimum atomic E-state index is -0.741. The fraction of sp³-hybridized carbons (Fsp3) is 0.462. The Morgan fingerprint density at radius 1 is 1.16 bits per heavy atom. The van der Waals surface area contributed by atoms with E-state index in [0.717, 1.165) is 16.7 Å². The molecule has 4 rings (SSSR count). The summed E-state index contributed by atoms with van der Waals surface area (Å²) in [7, 11) is 0. The van der Waals surface area contributed by atoms with Crippen LogP contribution in [0.2, 0.25) is 5.02 Å². The predicted octanol–water partition coefficient (Wildman–Crippen LogP) is 5.96. The summed E-state index contributed by atoms with van der Waals surface area (Å²) in [5, 5.41) is 0.617. The normalized spacial score (nSPS) is 25.4. The molecule has 3 atom stereocenters. The average molecular weight is 440 g/mol. The van der Waals surface area contributed by atoms with E-state index >= 15 is 0 Å². The molecule has 0 bridgehead atoms. The molecule has 5 heteroatoms. The Hall–Kier alpha value is -2.33. The summed E-state index contributed by atoms with van der Waals surface area (Å²) >= 11 is 6.27. The molecule has 1 heterocycles. The highest BCUT2D eigenvalue weighted by Gasteiger charge is 2.62. The maximum absolute atomic E-state index is 14.2. The number of halogens is 1. The molecule has 2 aliphatic rings. The molecule has 2 aromatic rings. The van der Waals surface area contributed by atoms with Gasteiger partial charge in [-0.15, -0.1) is 0 Å². The van der Waals surface area contributed by atoms with Gasteiger partial charge in [-0.25, -0.2) is 4.79 Å². The van der Waals surface area contributed by atoms with Gasteiger partial charge in [0.1, 0.15) is 5.60 Å². The number of Topliss-reactive ketones (excluding diaryl/α,β-unsaturated/α-hetero) is 1. The maximum atomic E-state index is 14.2. The zero-order valence-electron chi connectivity index (χ0n) is 18.8. The van der Waals surface area contributed by atoms with Crippen molar-refractivity contribution in [2.24, 2.45) is 5.92 Å². The van der Waals surface area contributed by atoms with Gasteiger partial charge in [-0.05, 0) is 61.9 Å². The topological polar surface area (TPSA) is 46.6 Å². The third kappa shape index (κ3) is 3.55. The first-order chi connectivity index (χ1) is 14.6. The average Bonchev–Trinajstić information content (AvgIpc) is 3.19. The molecule has 1 amide bonds. The second-order valence-corrected chi connectivity index (χ2v) is 10.5. The number of rotatable bonds is 2. The number of hydrogen-bond acceptors (Lipinski definition) is 3. The zero-order valence-corrected chi connectivity index (χ0v) is 19.6. The van der Waals surface area contributed by atoms with Crippen LogP contribution in [0.4, 0.5) is 4.79 Å². The van der Waals surface area contributed by atoms with Gasteiger partial charge < -0.3 is 9.64 Å². The SMILES string of the molecule is CC(C)[C@@H]1N(C(=O)OC(C)(C)C)CC[C@@]12C(=O)C(c1cccc(Cl)c1)c1ccccc12. The fourth-order valence-corrected chi connectivity index (χ4v) is 5.77. The number of ketones is 1. The number of benzene rings is 2. The lowest BCUT2D eigenvalue weighted by Crippen LogP contribution is -2.52. The summed E-state index contributed by atoms with van der Waals surface area (Å²) < 4.78 is 5.71. The van der Waals surface area contributed by atoms with E-state index in [2.05, 4.69) is 19.9 Å². The van der Waals surface area contributed by atoms with Gasteiger partial charge in [0.05, 0.1) is 17.4 Å². The van der Waals surface area contributed by atoms with Crippen LogP contribution >= 0.6 is 11.6 Å². The van der Waals surface area contributed by atoms with Gasteiger partial charge in [0.25, 0.3) is 0 Å². The van der Waals surface area contributed by atoms with Gasteiger partial charge in [-0.2, -0.15) is 0 Å². The number of carbonyl (C=O) groups is 2. The molecule has 1 saturated heterocycles. The van der Waals surface area contributed by atoms with Crippen LogP contribution in [0.3, 0.4) is 0 Å². The Morgan fingerprint density at radius 3 is 2.52 bits per heavy atom. The van der Waals surface area contributed by atoms with Crippen LogP contribution in [0.25, 0.3) is 0 Å². The molecule has 1 aliphatic heterocycles. The highest BCUT2D eigenvalue weighted by molar-refractivity contribution is 6.30. The molecule has 1 spiro atoms. The van der Waals surface area contributed by atoms with Crippen molar-refractivity contribution in [2.75, 3.05) is 6.54 Å². The van der Waals surface area contributed by atoms with E-state index in [9.17, 15) is 9.59 Å². The van der Waals surface area contributed by atoms with Crippen molar-refractivity contribution in [1.82, 2.24) is 4.90 Å². The van der Waals surface area contributed by atoms with Crippen LogP contribution in [0.1, 0.15) is 63.6 Å². The van der Waals surface area contributed by atoms with Gasteiger partial charge >= 0.3 is 6.09 Å². The van der Waals surface area contributed by atoms with E-state index in [1.807, 2.05) is 63.2 Å². The Balaban J connectivity index is 1.84. The van der Waals surface area contributed by atoms with Crippen LogP contribution in [-0.2, 0) is 14.9 Å². The second-order valence-electron chi connectivity index (χ2n) is 10.0. The molecular weight excluding hydrogens is 410 g/mol. The first-order valence-corrected chi connectivity index (χ1v) is 11.3. The van der Waals surface area contributed by atoms with E-state index in [1.54, 1.807) is 4.90 Å². The predicted molar refractivity (Wildman–Crippen MR) is 123 cm³/mol. The summed E-state index contributed by atoms with van der Waals surface area (Å²) in [6.07, 6.45) is 0.252. The molecule has 1 fully saturated rings. The van der Waals surface area contributed by atoms with Gasteiger partial charge in [0, 0.05) is 11.6 Å². The number of nitrogens with zero attached hydrogens (tertiary/aromatic N) is 1. The van der Waals surface area contributed by atoms with E-state index in [0.29, 0.717) is 18.0 Å². The first kappa shape index (κ1) is 21.9. The minimum Gasteiger partial charge on any atom is -0.444 e. The molecule has 0 N–H and O–H groups in total. The number of ether oxygens (including phenoxy) is 1. The second kappa shape index (κ2) is 7.67. The molecule has 1 unspecified atom stereocenters. The molecular formula is C26H30ClNO3. The Morgan fingerprint density at radius 2 is 1.87 bits per heavy atom. The van der Waals surface area contributed by atoms with E-state index in [4.69, 9.17) is 16.3 Å². The van der Waals surface area contributed by atoms with Crippen molar-refractivity contribution in [3.8, 4) is 0 Å². The minimum absolute atomic E-state index is 0.0881. The van der Waals surface area contributed by atoms with Crippen molar-refractivity contribution in [2.45, 2.75) is 64.0 Å². The van der Waals surface area contributed by atoms with Gasteiger partial charge in [-0.3, -0.25) is 4.79 Å². The highest BCUT2D eigenvalue weighted by Crippen LogP contribution is 2.55. The first-order valence-electron chi connectivity index (χ1n) is 10.9. The summed E-state index contributed by atoms with van der Waals surface area (Å²) in [6.45, 7) is 10.3. The van der Waals surface area contributed by atoms with Gasteiger partial charge in [0.2, 0.25) is 0 Å². The number of amides is 1. The lowest BCUT2D eigenvalue weighted by molar-refractivity contribution is -0.125. The summed E-state index contributed by atoms with van der Waals surface area (Å²) in [5.41, 5.74) is 1.63. The van der Waals surface area contributed by atoms with E-state index < -0.39 is 11.0 Å². The standard InChI is InChI=1S/C26H30ClNO3/c1-16(2)22-26(13-14-28(22)24(30)31-25(3,4)5)20-12-7-6-11-19(20)21(23(26)29)17-9-8-10-18(27)15-17/h6-12,15-16,21-22H,13-14H2,1-5H3/t21?,22-,26-/m0/s1. The Bertz CT molecular complexity index is 1030. The maximum Gasteiger partial charge on any atom is 0.410 e. The third-order valence-corrected chi connectivity index (χ3v) is 6.72. The van der Waals surface area contributed by atoms with E-state index in [-0.39, 0.29) is 29.8 Å². The lowest BCUT2D eigenvalue weighted by Gasteiger charge is -2.38. The fourth-order valence-electron chi connectivity index (χ4n) is 5.57. The van der Waals surface area contributed by atoms with Crippen molar-refractivity contribution >= 4 is 23.5 Å². The number of hydrogen-bond donors (Lipinski definition) is 0. The Labute approximate surface area is 189 Å². The molecule has 164 valence electrons. The summed E-state index contributed by atoms with van der Waals surface area (Å²) in [5.74, 6) is -0.138. The molecule has 0 radical (unpaired) electrons. The van der Waals surface area contributed by atoms with Gasteiger partial charge in [-0.1, -0.05) is 61.8 Å². The monoisotopic (exact) mass is 439 g/mol. The molecule has 1 aliphatic carbocycles. The van der Waals surface area contributed by atoms with Crippen molar-refractivity contribution < 1.29 is 14.3 Å². The largest absolute Gasteiger partial charge is 0.444 e. The smallest absolute Gasteiger partial charge is 0.410 e. The molecule has 2 aromatic carbocycles. The molecule has 4 nitrogen and oxygen atoms in total. The van der Waals surface area contributed by atoms with Crippen molar-refractivity contribution in [1.29, 1.82) is 0 Å². The van der Waals surface area contributed by atoms with Crippen LogP contribution in [0.15, 0.2) is 48.5 Å². The quantitative estimate of drug-likeness (QED) is 0.580. The Kier molecular flexibility index (Phi) is 5.41. The highest BCUT2D eigenvalue weighted by atomic mass is 35.5. The zero-order chi connectivity index (χ0) is 22.6. The van der Waals surface area contributed by atoms with Crippen LogP contribution in [0.5, 0.6) is 0 Å². The third-order valence-electron chi connectivity index (χ3n) is 6.48. The lowest BCUT2D eigenvalue weighted by atomic mass is 9.70. The van der Waals surface area contributed by atoms with E-state index in [1.165, 1.54) is 0 Å². The van der Waals surface area contributed by atoms with Gasteiger partial charge in [0.15, 0.2) is 5.78 Å². The number of likely N-dealkylation sites (tertiary alicyclic amines) is 1. The van der Waals surface area contributed by atoms with Crippen LogP contribution in [0, 0.1) is 5.92 Å². The summed E-state index contributed by atoms with van der Waals surface area (Å²) in [6, 6.07) is 15.4. The van der Waals surface area contributed by atoms with Crippen molar-refractivity contribution in [3.63, 3.8) is 0 Å². The number of carbonyl (C=O) groups excluding carboxylic acids is 2. The van der Waals surface area contributed by atoms with Crippen LogP contribution in [-0.4, -0.2) is 35.0 Å². The summed E-state index contributed by atoms with van der Waals surface area (Å²) in [4.78, 5) is 29.1. The molecule has 0 saturated carbocycles. The molecule has 31 heavy (non-hydrogen) atoms.